The van der Waals surface area contributed by atoms with E-state index in [0.717, 1.165) is 25.7 Å². The fourth-order valence-corrected chi connectivity index (χ4v) is 3.63. The molecule has 0 amide bonds. The third kappa shape index (κ3) is 5.17. The predicted octanol–water partition coefficient (Wildman–Crippen LogP) is 3.99. The van der Waals surface area contributed by atoms with E-state index >= 15 is 0 Å². The van der Waals surface area contributed by atoms with Crippen molar-refractivity contribution in [3.63, 3.8) is 0 Å². The van der Waals surface area contributed by atoms with Crippen molar-refractivity contribution in [1.82, 2.24) is 0 Å². The van der Waals surface area contributed by atoms with Crippen LogP contribution in [0.2, 0.25) is 0 Å². The van der Waals surface area contributed by atoms with Crippen LogP contribution in [0.5, 0.6) is 0 Å². The number of ether oxygens (including phenoxy) is 1. The van der Waals surface area contributed by atoms with Crippen LogP contribution in [-0.2, 0) is 4.74 Å². The van der Waals surface area contributed by atoms with E-state index in [1.807, 2.05) is 6.08 Å². The van der Waals surface area contributed by atoms with Crippen molar-refractivity contribution in [2.24, 2.45) is 11.8 Å². The Hall–Kier alpha value is -0.640. The smallest absolute Gasteiger partial charge is 0.113 e. The molecule has 0 spiro atoms. The fraction of sp³-hybridized carbons (Fsp3) is 0.800. The lowest BCUT2D eigenvalue weighted by molar-refractivity contribution is 0.0275. The molecule has 2 N–H and O–H groups in total. The second-order valence-corrected chi connectivity index (χ2v) is 8.37. The number of hydrogen-bond acceptors (Lipinski definition) is 3. The van der Waals surface area contributed by atoms with E-state index < -0.39 is 11.7 Å². The lowest BCUT2D eigenvalue weighted by Gasteiger charge is -2.25. The normalized spacial score (nSPS) is 46.4. The van der Waals surface area contributed by atoms with E-state index in [-0.39, 0.29) is 11.7 Å². The Balaban J connectivity index is 2.16. The van der Waals surface area contributed by atoms with Gasteiger partial charge in [-0.3, -0.25) is 0 Å². The van der Waals surface area contributed by atoms with Gasteiger partial charge in [0.25, 0.3) is 0 Å². The van der Waals surface area contributed by atoms with Crippen molar-refractivity contribution in [3.05, 3.63) is 23.8 Å². The predicted molar refractivity (Wildman–Crippen MR) is 94.2 cm³/mol. The van der Waals surface area contributed by atoms with E-state index in [1.165, 1.54) is 5.57 Å². The number of hydrogen-bond donors (Lipinski definition) is 2. The first-order valence-corrected chi connectivity index (χ1v) is 9.06. The van der Waals surface area contributed by atoms with E-state index in [4.69, 9.17) is 4.74 Å². The number of fused-ring (bicyclic) bond motifs is 1. The first-order valence-electron chi connectivity index (χ1n) is 9.06. The molecule has 3 heteroatoms. The van der Waals surface area contributed by atoms with Crippen LogP contribution in [0.25, 0.3) is 0 Å². The van der Waals surface area contributed by atoms with Gasteiger partial charge in [0, 0.05) is 6.42 Å². The Labute approximate surface area is 141 Å². The van der Waals surface area contributed by atoms with Crippen molar-refractivity contribution >= 4 is 0 Å². The van der Waals surface area contributed by atoms with E-state index in [9.17, 15) is 10.2 Å². The summed E-state index contributed by atoms with van der Waals surface area (Å²) in [5.74, 6) is 0.995. The quantitative estimate of drug-likeness (QED) is 0.567. The van der Waals surface area contributed by atoms with E-state index in [0.29, 0.717) is 18.3 Å². The molecule has 1 aliphatic carbocycles. The number of aliphatic hydroxyl groups is 2. The summed E-state index contributed by atoms with van der Waals surface area (Å²) in [6.07, 6.45) is 10.0. The molecule has 5 atom stereocenters. The summed E-state index contributed by atoms with van der Waals surface area (Å²) in [5, 5.41) is 21.0. The van der Waals surface area contributed by atoms with Gasteiger partial charge in [-0.2, -0.15) is 0 Å². The Morgan fingerprint density at radius 1 is 1.30 bits per heavy atom. The average Bonchev–Trinajstić information content (AvgIpc) is 3.09. The zero-order valence-corrected chi connectivity index (χ0v) is 15.4. The van der Waals surface area contributed by atoms with Crippen LogP contribution in [0.3, 0.4) is 0 Å². The summed E-state index contributed by atoms with van der Waals surface area (Å²) in [6, 6.07) is 0. The van der Waals surface area contributed by atoms with Crippen LogP contribution < -0.4 is 0 Å². The molecule has 0 radical (unpaired) electrons. The highest BCUT2D eigenvalue weighted by Gasteiger charge is 2.55. The van der Waals surface area contributed by atoms with Crippen LogP contribution in [0, 0.1) is 11.8 Å². The van der Waals surface area contributed by atoms with Gasteiger partial charge in [0.05, 0.1) is 17.3 Å². The lowest BCUT2D eigenvalue weighted by atomic mass is 9.85. The minimum Gasteiger partial charge on any atom is -0.390 e. The first-order chi connectivity index (χ1) is 10.6. The minimum absolute atomic E-state index is 0.153. The maximum absolute atomic E-state index is 10.6. The lowest BCUT2D eigenvalue weighted by Crippen LogP contribution is -2.33. The number of aliphatic hydroxyl groups excluding tert-OH is 1. The summed E-state index contributed by atoms with van der Waals surface area (Å²) in [4.78, 5) is 0. The van der Waals surface area contributed by atoms with Crippen LogP contribution in [0.4, 0.5) is 0 Å². The molecule has 0 bridgehead atoms. The van der Waals surface area contributed by atoms with Gasteiger partial charge in [-0.1, -0.05) is 37.6 Å². The fourth-order valence-electron chi connectivity index (χ4n) is 3.63. The molecule has 0 saturated carbocycles. The summed E-state index contributed by atoms with van der Waals surface area (Å²) in [7, 11) is 0. The first kappa shape index (κ1) is 18.7. The molecule has 2 rings (SSSR count). The zero-order chi connectivity index (χ0) is 17.3. The average molecular weight is 322 g/mol. The molecular formula is C20H34O3. The van der Waals surface area contributed by atoms with Gasteiger partial charge >= 0.3 is 0 Å². The highest BCUT2D eigenvalue weighted by atomic mass is 16.6. The van der Waals surface area contributed by atoms with Gasteiger partial charge in [-0.15, -0.1) is 0 Å². The van der Waals surface area contributed by atoms with Crippen LogP contribution in [0.15, 0.2) is 23.8 Å². The van der Waals surface area contributed by atoms with Gasteiger partial charge in [-0.25, -0.2) is 0 Å². The Kier molecular flexibility index (Phi) is 5.76. The number of allylic oxidation sites excluding steroid dienone is 3. The standard InChI is InChI=1S/C20H34O3/c1-14(2)16-9-8-15(3)7-6-11-20(5)18(23-20)17(21)13-19(4,22)12-10-16/h7,10,12,14,16-18,21-22H,6,8-9,11,13H2,1-5H3/b12-10+,15-7+/t16-,17-,18+,19-,20+/m1/s1. The molecule has 1 fully saturated rings. The second kappa shape index (κ2) is 7.08. The molecule has 132 valence electrons. The third-order valence-corrected chi connectivity index (χ3v) is 5.48. The molecule has 0 aromatic heterocycles. The Morgan fingerprint density at radius 3 is 2.65 bits per heavy atom. The zero-order valence-electron chi connectivity index (χ0n) is 15.4. The minimum atomic E-state index is -0.992. The molecular weight excluding hydrogens is 288 g/mol. The largest absolute Gasteiger partial charge is 0.390 e. The highest BCUT2D eigenvalue weighted by Crippen LogP contribution is 2.44. The van der Waals surface area contributed by atoms with E-state index in [2.05, 4.69) is 39.8 Å². The summed E-state index contributed by atoms with van der Waals surface area (Å²) < 4.78 is 5.77. The molecule has 3 nitrogen and oxygen atoms in total. The maximum atomic E-state index is 10.6. The Morgan fingerprint density at radius 2 is 2.00 bits per heavy atom. The number of rotatable bonds is 1. The van der Waals surface area contributed by atoms with Crippen LogP contribution in [-0.4, -0.2) is 33.6 Å². The molecule has 0 unspecified atom stereocenters. The third-order valence-electron chi connectivity index (χ3n) is 5.48. The van der Waals surface area contributed by atoms with Gasteiger partial charge in [-0.05, 0) is 58.3 Å². The van der Waals surface area contributed by atoms with Crippen molar-refractivity contribution in [1.29, 1.82) is 0 Å². The van der Waals surface area contributed by atoms with Gasteiger partial charge < -0.3 is 14.9 Å². The molecule has 0 aromatic carbocycles. The van der Waals surface area contributed by atoms with E-state index in [1.54, 1.807) is 6.92 Å². The highest BCUT2D eigenvalue weighted by molar-refractivity contribution is 5.10. The number of epoxide rings is 1. The molecule has 23 heavy (non-hydrogen) atoms. The maximum Gasteiger partial charge on any atom is 0.113 e. The molecule has 1 heterocycles. The van der Waals surface area contributed by atoms with Crippen molar-refractivity contribution in [2.45, 2.75) is 90.1 Å². The van der Waals surface area contributed by atoms with Crippen molar-refractivity contribution < 1.29 is 14.9 Å². The summed E-state index contributed by atoms with van der Waals surface area (Å²) in [5.41, 5.74) is 0.198. The van der Waals surface area contributed by atoms with Crippen molar-refractivity contribution in [3.8, 4) is 0 Å². The van der Waals surface area contributed by atoms with Gasteiger partial charge in [0.2, 0.25) is 0 Å². The van der Waals surface area contributed by atoms with Crippen LogP contribution >= 0.6 is 0 Å². The monoisotopic (exact) mass is 322 g/mol. The van der Waals surface area contributed by atoms with Gasteiger partial charge in [0.15, 0.2) is 0 Å². The second-order valence-electron chi connectivity index (χ2n) is 8.37. The summed E-state index contributed by atoms with van der Waals surface area (Å²) >= 11 is 0. The molecule has 1 saturated heterocycles. The molecule has 2 aliphatic rings. The summed E-state index contributed by atoms with van der Waals surface area (Å²) in [6.45, 7) is 10.5. The molecule has 1 aliphatic heterocycles. The SMILES string of the molecule is C/C1=C\CC[C@]2(C)O[C@H]2[C@H](O)C[C@](C)(O)/C=C/[C@H](C(C)C)CC1. The van der Waals surface area contributed by atoms with Crippen LogP contribution in [0.1, 0.15) is 66.7 Å². The Bertz CT molecular complexity index is 464. The molecule has 0 aromatic rings. The van der Waals surface area contributed by atoms with Gasteiger partial charge in [0.1, 0.15) is 6.10 Å². The van der Waals surface area contributed by atoms with Crippen molar-refractivity contribution in [2.75, 3.05) is 0 Å². The topological polar surface area (TPSA) is 53.0 Å².